The fourth-order valence-corrected chi connectivity index (χ4v) is 3.86. The highest BCUT2D eigenvalue weighted by atomic mass is 16.2. The molecule has 2 aromatic rings. The van der Waals surface area contributed by atoms with Gasteiger partial charge in [-0.1, -0.05) is 19.1 Å². The quantitative estimate of drug-likeness (QED) is 0.749. The minimum absolute atomic E-state index is 0.122. The molecule has 0 radical (unpaired) electrons. The molecule has 0 aliphatic carbocycles. The first-order chi connectivity index (χ1) is 14.9. The predicted octanol–water partition coefficient (Wildman–Crippen LogP) is 3.16. The number of hydrogen-bond acceptors (Lipinski definition) is 4. The van der Waals surface area contributed by atoms with Crippen LogP contribution in [0.15, 0.2) is 42.5 Å². The van der Waals surface area contributed by atoms with Crippen molar-refractivity contribution in [1.29, 1.82) is 0 Å². The highest BCUT2D eigenvalue weighted by molar-refractivity contribution is 5.94. The summed E-state index contributed by atoms with van der Waals surface area (Å²) in [5.41, 5.74) is 4.75. The number of aryl methyl sites for hydroxylation is 1. The van der Waals surface area contributed by atoms with Crippen LogP contribution >= 0.6 is 0 Å². The number of urea groups is 1. The molecule has 2 N–H and O–H groups in total. The van der Waals surface area contributed by atoms with E-state index in [2.05, 4.69) is 40.3 Å². The summed E-state index contributed by atoms with van der Waals surface area (Å²) in [5.74, 6) is -0.122. The van der Waals surface area contributed by atoms with Crippen LogP contribution in [0.4, 0.5) is 16.2 Å². The molecule has 31 heavy (non-hydrogen) atoms. The maximum absolute atomic E-state index is 12.6. The van der Waals surface area contributed by atoms with Crippen molar-refractivity contribution in [2.24, 2.45) is 0 Å². The van der Waals surface area contributed by atoms with Crippen molar-refractivity contribution in [2.45, 2.75) is 20.4 Å². The summed E-state index contributed by atoms with van der Waals surface area (Å²) in [4.78, 5) is 30.8. The van der Waals surface area contributed by atoms with Gasteiger partial charge in [0.05, 0.1) is 0 Å². The van der Waals surface area contributed by atoms with Crippen molar-refractivity contribution in [3.63, 3.8) is 0 Å². The first-order valence-corrected chi connectivity index (χ1v) is 10.8. The predicted molar refractivity (Wildman–Crippen MR) is 126 cm³/mol. The molecule has 0 saturated carbocycles. The lowest BCUT2D eigenvalue weighted by Crippen LogP contribution is -2.46. The fourth-order valence-electron chi connectivity index (χ4n) is 3.86. The number of carbonyl (C=O) groups is 2. The number of piperazine rings is 1. The summed E-state index contributed by atoms with van der Waals surface area (Å²) < 4.78 is 0. The van der Waals surface area contributed by atoms with Gasteiger partial charge in [-0.05, 0) is 54.9 Å². The molecule has 0 spiro atoms. The zero-order valence-corrected chi connectivity index (χ0v) is 18.9. The van der Waals surface area contributed by atoms with Crippen LogP contribution in [0.25, 0.3) is 0 Å². The maximum atomic E-state index is 12.6. The summed E-state index contributed by atoms with van der Waals surface area (Å²) in [6, 6.07) is 13.2. The van der Waals surface area contributed by atoms with Crippen LogP contribution in [-0.4, -0.2) is 68.6 Å². The zero-order valence-electron chi connectivity index (χ0n) is 18.9. The number of carbonyl (C=O) groups excluding carboxylic acids is 2. The van der Waals surface area contributed by atoms with E-state index >= 15 is 0 Å². The normalized spacial score (nSPS) is 14.3. The van der Waals surface area contributed by atoms with E-state index in [1.165, 1.54) is 5.69 Å². The Bertz CT molecular complexity index is 905. The number of amides is 3. The van der Waals surface area contributed by atoms with Crippen molar-refractivity contribution in [3.05, 3.63) is 59.2 Å². The molecule has 7 heteroatoms. The zero-order chi connectivity index (χ0) is 22.4. The van der Waals surface area contributed by atoms with Gasteiger partial charge in [-0.2, -0.15) is 0 Å². The molecule has 0 atom stereocenters. The fraction of sp³-hybridized carbons (Fsp3) is 0.417. The highest BCUT2D eigenvalue weighted by Gasteiger charge is 2.18. The van der Waals surface area contributed by atoms with Gasteiger partial charge in [0.2, 0.25) is 0 Å². The summed E-state index contributed by atoms with van der Waals surface area (Å²) in [6.07, 6.45) is 0. The molecule has 1 aliphatic rings. The van der Waals surface area contributed by atoms with Crippen LogP contribution in [0.1, 0.15) is 28.4 Å². The van der Waals surface area contributed by atoms with Crippen LogP contribution in [-0.2, 0) is 6.54 Å². The molecule has 3 rings (SSSR count). The third-order valence-electron chi connectivity index (χ3n) is 5.82. The Hall–Kier alpha value is -3.06. The topological polar surface area (TPSA) is 67.9 Å². The van der Waals surface area contributed by atoms with Gasteiger partial charge in [0, 0.05) is 63.8 Å². The molecule has 1 heterocycles. The van der Waals surface area contributed by atoms with Gasteiger partial charge in [0.25, 0.3) is 5.91 Å². The average molecular weight is 424 g/mol. The maximum Gasteiger partial charge on any atom is 0.321 e. The lowest BCUT2D eigenvalue weighted by Gasteiger charge is -2.36. The third-order valence-corrected chi connectivity index (χ3v) is 5.82. The second-order valence-corrected chi connectivity index (χ2v) is 7.98. The Morgan fingerprint density at radius 2 is 1.71 bits per heavy atom. The van der Waals surface area contributed by atoms with Crippen molar-refractivity contribution >= 4 is 23.3 Å². The lowest BCUT2D eigenvalue weighted by atomic mass is 10.1. The Balaban J connectivity index is 1.57. The van der Waals surface area contributed by atoms with E-state index in [-0.39, 0.29) is 11.9 Å². The number of benzene rings is 2. The Morgan fingerprint density at radius 1 is 1.03 bits per heavy atom. The molecule has 166 valence electrons. The minimum Gasteiger partial charge on any atom is -0.369 e. The van der Waals surface area contributed by atoms with E-state index in [4.69, 9.17) is 0 Å². The first-order valence-electron chi connectivity index (χ1n) is 10.8. The smallest absolute Gasteiger partial charge is 0.321 e. The van der Waals surface area contributed by atoms with Gasteiger partial charge < -0.3 is 25.3 Å². The molecule has 0 aromatic heterocycles. The molecular formula is C24H33N5O2. The largest absolute Gasteiger partial charge is 0.369 e. The van der Waals surface area contributed by atoms with Gasteiger partial charge in [-0.15, -0.1) is 0 Å². The second-order valence-electron chi connectivity index (χ2n) is 7.98. The summed E-state index contributed by atoms with van der Waals surface area (Å²) in [6.45, 7) is 10.1. The van der Waals surface area contributed by atoms with Crippen LogP contribution < -0.4 is 15.5 Å². The lowest BCUT2D eigenvalue weighted by molar-refractivity contribution is 0.0963. The van der Waals surface area contributed by atoms with E-state index in [0.717, 1.165) is 49.5 Å². The average Bonchev–Trinajstić information content (AvgIpc) is 2.79. The minimum atomic E-state index is -0.168. The molecular weight excluding hydrogens is 390 g/mol. The van der Waals surface area contributed by atoms with E-state index in [1.807, 2.05) is 24.3 Å². The second kappa shape index (κ2) is 10.3. The number of rotatable bonds is 6. The number of nitrogens with zero attached hydrogens (tertiary/aromatic N) is 3. The van der Waals surface area contributed by atoms with Crippen LogP contribution in [0.3, 0.4) is 0 Å². The van der Waals surface area contributed by atoms with E-state index in [0.29, 0.717) is 12.1 Å². The molecule has 3 amide bonds. The van der Waals surface area contributed by atoms with Gasteiger partial charge in [-0.3, -0.25) is 4.79 Å². The Labute approximate surface area is 185 Å². The van der Waals surface area contributed by atoms with Gasteiger partial charge in [0.1, 0.15) is 0 Å². The van der Waals surface area contributed by atoms with Gasteiger partial charge >= 0.3 is 6.03 Å². The monoisotopic (exact) mass is 423 g/mol. The molecule has 1 fully saturated rings. The molecule has 1 aliphatic heterocycles. The summed E-state index contributed by atoms with van der Waals surface area (Å²) in [5, 5.41) is 5.59. The highest BCUT2D eigenvalue weighted by Crippen LogP contribution is 2.25. The van der Waals surface area contributed by atoms with Crippen molar-refractivity contribution in [1.82, 2.24) is 15.1 Å². The third kappa shape index (κ3) is 5.76. The van der Waals surface area contributed by atoms with Crippen molar-refractivity contribution < 1.29 is 9.59 Å². The van der Waals surface area contributed by atoms with Gasteiger partial charge in [-0.25, -0.2) is 4.79 Å². The first kappa shape index (κ1) is 22.6. The molecule has 1 saturated heterocycles. The molecule has 0 bridgehead atoms. The number of hydrogen-bond donors (Lipinski definition) is 2. The Morgan fingerprint density at radius 3 is 2.29 bits per heavy atom. The number of nitrogens with one attached hydrogen (secondary N) is 2. The summed E-state index contributed by atoms with van der Waals surface area (Å²) >= 11 is 0. The molecule has 2 aromatic carbocycles. The summed E-state index contributed by atoms with van der Waals surface area (Å²) in [7, 11) is 3.37. The van der Waals surface area contributed by atoms with E-state index < -0.39 is 0 Å². The van der Waals surface area contributed by atoms with Crippen molar-refractivity contribution in [2.75, 3.05) is 57.0 Å². The van der Waals surface area contributed by atoms with Crippen LogP contribution in [0.2, 0.25) is 0 Å². The van der Waals surface area contributed by atoms with Gasteiger partial charge in [0.15, 0.2) is 0 Å². The van der Waals surface area contributed by atoms with Crippen LogP contribution in [0, 0.1) is 6.92 Å². The molecule has 7 nitrogen and oxygen atoms in total. The number of anilines is 2. The van der Waals surface area contributed by atoms with Crippen LogP contribution in [0.5, 0.6) is 0 Å². The standard InChI is InChI=1S/C24H33N5O2/c1-5-28-12-14-29(15-13-28)22-11-10-21(16-18(22)2)26-24(31)27(4)17-19-6-8-20(9-7-19)23(30)25-3/h6-11,16H,5,12-15,17H2,1-4H3,(H,25,30)(H,26,31). The van der Waals surface area contributed by atoms with E-state index in [9.17, 15) is 9.59 Å². The van der Waals surface area contributed by atoms with Crippen molar-refractivity contribution in [3.8, 4) is 0 Å². The van der Waals surface area contributed by atoms with E-state index in [1.54, 1.807) is 31.1 Å². The Kier molecular flexibility index (Phi) is 7.52. The number of likely N-dealkylation sites (N-methyl/N-ethyl adjacent to an activating group) is 1. The molecule has 0 unspecified atom stereocenters. The SMILES string of the molecule is CCN1CCN(c2ccc(NC(=O)N(C)Cc3ccc(C(=O)NC)cc3)cc2C)CC1.